The van der Waals surface area contributed by atoms with Crippen molar-refractivity contribution < 1.29 is 27.5 Å². The predicted molar refractivity (Wildman–Crippen MR) is 118 cm³/mol. The van der Waals surface area contributed by atoms with Crippen LogP contribution < -0.4 is 10.3 Å². The summed E-state index contributed by atoms with van der Waals surface area (Å²) in [4.78, 5) is 27.1. The number of rotatable bonds is 6. The monoisotopic (exact) mass is 522 g/mol. The molecule has 174 valence electrons. The van der Waals surface area contributed by atoms with Gasteiger partial charge in [0.2, 0.25) is 0 Å². The Kier molecular flexibility index (Phi) is 6.94. The van der Waals surface area contributed by atoms with Gasteiger partial charge < -0.3 is 23.4 Å². The number of carbonyl (C=O) groups is 1. The lowest BCUT2D eigenvalue weighted by Gasteiger charge is -2.25. The first-order valence-corrected chi connectivity index (χ1v) is 11.0. The van der Waals surface area contributed by atoms with E-state index < -0.39 is 11.6 Å². The molecule has 0 N–H and O–H groups in total. The molecule has 0 aliphatic carbocycles. The molecule has 0 unspecified atom stereocenters. The van der Waals surface area contributed by atoms with Gasteiger partial charge in [-0.25, -0.2) is 8.78 Å². The molecule has 10 heteroatoms. The van der Waals surface area contributed by atoms with Crippen molar-refractivity contribution in [3.8, 4) is 5.75 Å². The largest absolute Gasteiger partial charge is 0.487 e. The highest BCUT2D eigenvalue weighted by atomic mass is 79.9. The van der Waals surface area contributed by atoms with Gasteiger partial charge in [-0.3, -0.25) is 9.59 Å². The summed E-state index contributed by atoms with van der Waals surface area (Å²) in [5.74, 6) is -0.726. The second-order valence-corrected chi connectivity index (χ2v) is 8.34. The summed E-state index contributed by atoms with van der Waals surface area (Å²) in [7, 11) is 0. The number of nitrogens with zero attached hydrogens (tertiary/aromatic N) is 2. The van der Waals surface area contributed by atoms with Crippen LogP contribution in [0.1, 0.15) is 27.6 Å². The van der Waals surface area contributed by atoms with Crippen LogP contribution in [-0.4, -0.2) is 41.7 Å². The van der Waals surface area contributed by atoms with Crippen LogP contribution in [-0.2, 0) is 17.9 Å². The second kappa shape index (κ2) is 9.88. The van der Waals surface area contributed by atoms with Crippen LogP contribution >= 0.6 is 15.9 Å². The molecular formula is C23H21BrF2N2O5. The Balaban J connectivity index is 1.49. The highest BCUT2D eigenvalue weighted by Crippen LogP contribution is 2.25. The number of benzene rings is 1. The summed E-state index contributed by atoms with van der Waals surface area (Å²) < 4.78 is 45.1. The fraction of sp³-hybridized carbons (Fsp3) is 0.304. The molecule has 1 aromatic carbocycles. The molecule has 33 heavy (non-hydrogen) atoms. The van der Waals surface area contributed by atoms with Crippen molar-refractivity contribution in [2.24, 2.45) is 0 Å². The zero-order chi connectivity index (χ0) is 23.5. The van der Waals surface area contributed by atoms with Crippen LogP contribution in [0, 0.1) is 18.6 Å². The minimum absolute atomic E-state index is 0.118. The van der Waals surface area contributed by atoms with Crippen molar-refractivity contribution in [1.82, 2.24) is 9.47 Å². The molecule has 0 radical (unpaired) electrons. The molecule has 2 aromatic heterocycles. The number of aryl methyl sites for hydroxylation is 1. The van der Waals surface area contributed by atoms with Crippen LogP contribution in [0.15, 0.2) is 50.1 Å². The third-order valence-corrected chi connectivity index (χ3v) is 6.03. The van der Waals surface area contributed by atoms with E-state index in [1.807, 2.05) is 0 Å². The van der Waals surface area contributed by atoms with Gasteiger partial charge >= 0.3 is 0 Å². The summed E-state index contributed by atoms with van der Waals surface area (Å²) in [6.45, 7) is 3.66. The van der Waals surface area contributed by atoms with Crippen molar-refractivity contribution in [2.75, 3.05) is 26.3 Å². The van der Waals surface area contributed by atoms with E-state index >= 15 is 0 Å². The van der Waals surface area contributed by atoms with Crippen molar-refractivity contribution in [1.29, 1.82) is 0 Å². The molecule has 1 aliphatic rings. The summed E-state index contributed by atoms with van der Waals surface area (Å²) >= 11 is 3.25. The van der Waals surface area contributed by atoms with E-state index in [1.54, 1.807) is 30.0 Å². The molecule has 0 spiro atoms. The molecule has 0 saturated carbocycles. The van der Waals surface area contributed by atoms with Gasteiger partial charge in [0.15, 0.2) is 5.76 Å². The van der Waals surface area contributed by atoms with Crippen molar-refractivity contribution >= 4 is 21.8 Å². The molecule has 1 saturated heterocycles. The summed E-state index contributed by atoms with van der Waals surface area (Å²) in [5, 5.41) is 0. The van der Waals surface area contributed by atoms with E-state index in [1.165, 1.54) is 10.6 Å². The van der Waals surface area contributed by atoms with Crippen molar-refractivity contribution in [3.05, 3.63) is 85.6 Å². The topological polar surface area (TPSA) is 73.9 Å². The summed E-state index contributed by atoms with van der Waals surface area (Å²) in [5.41, 5.74) is 0.371. The van der Waals surface area contributed by atoms with E-state index in [-0.39, 0.29) is 46.2 Å². The van der Waals surface area contributed by atoms with Gasteiger partial charge in [-0.1, -0.05) is 0 Å². The number of aromatic nitrogens is 1. The number of hydrogen-bond acceptors (Lipinski definition) is 5. The lowest BCUT2D eigenvalue weighted by atomic mass is 10.2. The van der Waals surface area contributed by atoms with Crippen LogP contribution in [0.4, 0.5) is 8.78 Å². The van der Waals surface area contributed by atoms with Crippen molar-refractivity contribution in [2.45, 2.75) is 20.1 Å². The average molecular weight is 523 g/mol. The molecular weight excluding hydrogens is 502 g/mol. The van der Waals surface area contributed by atoms with E-state index in [0.29, 0.717) is 37.8 Å². The minimum atomic E-state index is -0.726. The zero-order valence-corrected chi connectivity index (χ0v) is 19.4. The zero-order valence-electron chi connectivity index (χ0n) is 17.8. The molecule has 1 fully saturated rings. The quantitative estimate of drug-likeness (QED) is 0.491. The standard InChI is InChI=1S/C23H21BrF2N2O5/c1-14-10-20(32-13-15-2-3-16(25)11-18(15)26)21(24)23(30)28(14)12-17-4-5-19(33-17)22(29)27-6-8-31-9-7-27/h2-5,10-11H,6-9,12-13H2,1H3. The predicted octanol–water partition coefficient (Wildman–Crippen LogP) is 3.89. The number of pyridine rings is 1. The SMILES string of the molecule is Cc1cc(OCc2ccc(F)cc2F)c(Br)c(=O)n1Cc1ccc(C(=O)N2CCOCC2)o1. The van der Waals surface area contributed by atoms with Crippen LogP contribution in [0.3, 0.4) is 0 Å². The molecule has 3 aromatic rings. The van der Waals surface area contributed by atoms with Crippen LogP contribution in [0.2, 0.25) is 0 Å². The van der Waals surface area contributed by atoms with Gasteiger partial charge in [0.1, 0.15) is 34.2 Å². The number of morpholine rings is 1. The third-order valence-electron chi connectivity index (χ3n) is 5.30. The normalized spacial score (nSPS) is 13.9. The molecule has 0 atom stereocenters. The van der Waals surface area contributed by atoms with Crippen LogP contribution in [0.25, 0.3) is 0 Å². The first-order valence-electron chi connectivity index (χ1n) is 10.3. The van der Waals surface area contributed by atoms with Gasteiger partial charge in [0, 0.05) is 36.5 Å². The number of carbonyl (C=O) groups excluding carboxylic acids is 1. The van der Waals surface area contributed by atoms with Gasteiger partial charge in [0.25, 0.3) is 11.5 Å². The fourth-order valence-electron chi connectivity index (χ4n) is 3.47. The number of halogens is 3. The minimum Gasteiger partial charge on any atom is -0.487 e. The Morgan fingerprint density at radius 3 is 2.64 bits per heavy atom. The molecule has 7 nitrogen and oxygen atoms in total. The molecule has 0 bridgehead atoms. The third kappa shape index (κ3) is 5.17. The highest BCUT2D eigenvalue weighted by Gasteiger charge is 2.22. The van der Waals surface area contributed by atoms with Gasteiger partial charge in [-0.2, -0.15) is 0 Å². The Labute approximate surface area is 196 Å². The fourth-order valence-corrected chi connectivity index (χ4v) is 3.91. The van der Waals surface area contributed by atoms with Gasteiger partial charge in [-0.15, -0.1) is 0 Å². The maximum Gasteiger partial charge on any atom is 0.289 e. The number of ether oxygens (including phenoxy) is 2. The molecule has 3 heterocycles. The molecule has 1 amide bonds. The lowest BCUT2D eigenvalue weighted by Crippen LogP contribution is -2.40. The van der Waals surface area contributed by atoms with Gasteiger partial charge in [0.05, 0.1) is 19.8 Å². The maximum absolute atomic E-state index is 13.9. The van der Waals surface area contributed by atoms with Crippen LogP contribution in [0.5, 0.6) is 5.75 Å². The molecule has 4 rings (SSSR count). The Hall–Kier alpha value is -2.98. The second-order valence-electron chi connectivity index (χ2n) is 7.55. The lowest BCUT2D eigenvalue weighted by molar-refractivity contribution is 0.0281. The summed E-state index contributed by atoms with van der Waals surface area (Å²) in [6.07, 6.45) is 0. The average Bonchev–Trinajstić information content (AvgIpc) is 3.28. The van der Waals surface area contributed by atoms with E-state index in [9.17, 15) is 18.4 Å². The first kappa shape index (κ1) is 23.2. The Bertz CT molecular complexity index is 1230. The van der Waals surface area contributed by atoms with Crippen molar-refractivity contribution in [3.63, 3.8) is 0 Å². The highest BCUT2D eigenvalue weighted by molar-refractivity contribution is 9.10. The Morgan fingerprint density at radius 1 is 1.15 bits per heavy atom. The maximum atomic E-state index is 13.9. The number of hydrogen-bond donors (Lipinski definition) is 0. The van der Waals surface area contributed by atoms with E-state index in [2.05, 4.69) is 15.9 Å². The number of amides is 1. The molecule has 1 aliphatic heterocycles. The smallest absolute Gasteiger partial charge is 0.289 e. The van der Waals surface area contributed by atoms with Gasteiger partial charge in [-0.05, 0) is 47.1 Å². The van der Waals surface area contributed by atoms with E-state index in [4.69, 9.17) is 13.9 Å². The Morgan fingerprint density at radius 2 is 1.91 bits per heavy atom. The van der Waals surface area contributed by atoms with E-state index in [0.717, 1.165) is 12.1 Å². The summed E-state index contributed by atoms with van der Waals surface area (Å²) in [6, 6.07) is 8.10. The first-order chi connectivity index (χ1) is 15.8. The number of furan rings is 1.